The smallest absolute Gasteiger partial charge is 0.251 e. The molecule has 0 aliphatic carbocycles. The number of ether oxygens (including phenoxy) is 1. The van der Waals surface area contributed by atoms with Crippen molar-refractivity contribution in [1.82, 2.24) is 20.2 Å². The van der Waals surface area contributed by atoms with Gasteiger partial charge in [-0.05, 0) is 24.1 Å². The Balaban J connectivity index is 1.49. The molecule has 0 saturated carbocycles. The van der Waals surface area contributed by atoms with Crippen molar-refractivity contribution in [2.75, 3.05) is 58.4 Å². The van der Waals surface area contributed by atoms with Gasteiger partial charge in [0, 0.05) is 63.4 Å². The minimum atomic E-state index is -0.0305. The van der Waals surface area contributed by atoms with Gasteiger partial charge in [0.15, 0.2) is 5.16 Å². The number of carbonyl (C=O) groups excluding carboxylic acids is 1. The van der Waals surface area contributed by atoms with Gasteiger partial charge in [0.1, 0.15) is 5.82 Å². The summed E-state index contributed by atoms with van der Waals surface area (Å²) in [6.07, 6.45) is 0.881. The minimum absolute atomic E-state index is 0.0305. The number of benzene rings is 1. The average Bonchev–Trinajstić information content (AvgIpc) is 2.78. The maximum absolute atomic E-state index is 12.4. The van der Waals surface area contributed by atoms with Gasteiger partial charge in [-0.3, -0.25) is 9.69 Å². The number of hydrogen-bond acceptors (Lipinski definition) is 7. The third-order valence-corrected chi connectivity index (χ3v) is 5.89. The van der Waals surface area contributed by atoms with E-state index in [0.717, 1.165) is 67.3 Å². The first-order valence-electron chi connectivity index (χ1n) is 10.4. The van der Waals surface area contributed by atoms with E-state index in [9.17, 15) is 4.79 Å². The monoisotopic (exact) mass is 429 g/mol. The second-order valence-corrected chi connectivity index (χ2v) is 8.39. The molecular formula is C22H31N5O2S. The Labute approximate surface area is 183 Å². The molecule has 162 valence electrons. The molecule has 1 saturated heterocycles. The molecule has 0 unspecified atom stereocenters. The number of nitrogens with zero attached hydrogens (tertiary/aromatic N) is 4. The highest BCUT2D eigenvalue weighted by molar-refractivity contribution is 7.98. The fourth-order valence-corrected chi connectivity index (χ4v) is 3.92. The van der Waals surface area contributed by atoms with Crippen LogP contribution in [0, 0.1) is 0 Å². The second-order valence-electron chi connectivity index (χ2n) is 7.44. The summed E-state index contributed by atoms with van der Waals surface area (Å²) in [6, 6.07) is 9.79. The van der Waals surface area contributed by atoms with E-state index in [0.29, 0.717) is 12.1 Å². The van der Waals surface area contributed by atoms with Crippen LogP contribution in [-0.4, -0.2) is 74.3 Å². The van der Waals surface area contributed by atoms with Crippen LogP contribution in [0.15, 0.2) is 35.5 Å². The molecule has 1 aliphatic rings. The lowest BCUT2D eigenvalue weighted by molar-refractivity contribution is 0.0383. The van der Waals surface area contributed by atoms with E-state index in [4.69, 9.17) is 4.74 Å². The SMILES string of the molecule is CCc1cc(N(C)C)nc(SCc2ccc(C(=O)NCCN3CCOCC3)cc2)n1. The average molecular weight is 430 g/mol. The van der Waals surface area contributed by atoms with Gasteiger partial charge in [-0.1, -0.05) is 30.8 Å². The number of carbonyl (C=O) groups is 1. The Hall–Kier alpha value is -2.16. The lowest BCUT2D eigenvalue weighted by Crippen LogP contribution is -2.41. The van der Waals surface area contributed by atoms with Crippen LogP contribution in [0.2, 0.25) is 0 Å². The number of amides is 1. The highest BCUT2D eigenvalue weighted by atomic mass is 32.2. The Morgan fingerprint density at radius 3 is 2.60 bits per heavy atom. The van der Waals surface area contributed by atoms with Crippen LogP contribution in [0.5, 0.6) is 0 Å². The van der Waals surface area contributed by atoms with Crippen molar-refractivity contribution < 1.29 is 9.53 Å². The van der Waals surface area contributed by atoms with Crippen molar-refractivity contribution >= 4 is 23.5 Å². The van der Waals surface area contributed by atoms with Gasteiger partial charge in [-0.25, -0.2) is 9.97 Å². The van der Waals surface area contributed by atoms with E-state index in [1.54, 1.807) is 11.8 Å². The highest BCUT2D eigenvalue weighted by Gasteiger charge is 2.11. The normalized spacial score (nSPS) is 14.5. The van der Waals surface area contributed by atoms with E-state index >= 15 is 0 Å². The largest absolute Gasteiger partial charge is 0.379 e. The molecule has 0 spiro atoms. The summed E-state index contributed by atoms with van der Waals surface area (Å²) in [5, 5.41) is 3.78. The molecule has 8 heteroatoms. The summed E-state index contributed by atoms with van der Waals surface area (Å²) in [6.45, 7) is 7.02. The molecule has 30 heavy (non-hydrogen) atoms. The minimum Gasteiger partial charge on any atom is -0.379 e. The molecule has 0 radical (unpaired) electrons. The van der Waals surface area contributed by atoms with Gasteiger partial charge in [-0.2, -0.15) is 0 Å². The van der Waals surface area contributed by atoms with Crippen molar-refractivity contribution in [3.8, 4) is 0 Å². The summed E-state index contributed by atoms with van der Waals surface area (Å²) in [5.41, 5.74) is 2.87. The van der Waals surface area contributed by atoms with Crippen LogP contribution in [0.25, 0.3) is 0 Å². The lowest BCUT2D eigenvalue weighted by atomic mass is 10.1. The van der Waals surface area contributed by atoms with Gasteiger partial charge < -0.3 is 15.0 Å². The lowest BCUT2D eigenvalue weighted by Gasteiger charge is -2.26. The Bertz CT molecular complexity index is 823. The summed E-state index contributed by atoms with van der Waals surface area (Å²) >= 11 is 1.61. The van der Waals surface area contributed by atoms with Crippen LogP contribution in [0.1, 0.15) is 28.5 Å². The number of aromatic nitrogens is 2. The molecule has 7 nitrogen and oxygen atoms in total. The molecule has 0 bridgehead atoms. The summed E-state index contributed by atoms with van der Waals surface area (Å²) in [4.78, 5) is 25.9. The Morgan fingerprint density at radius 1 is 1.20 bits per heavy atom. The molecule has 1 amide bonds. The summed E-state index contributed by atoms with van der Waals surface area (Å²) in [5.74, 6) is 1.66. The highest BCUT2D eigenvalue weighted by Crippen LogP contribution is 2.22. The quantitative estimate of drug-likeness (QED) is 0.485. The molecular weight excluding hydrogens is 398 g/mol. The summed E-state index contributed by atoms with van der Waals surface area (Å²) in [7, 11) is 3.97. The molecule has 2 aromatic rings. The molecule has 0 atom stereocenters. The fourth-order valence-electron chi connectivity index (χ4n) is 3.09. The van der Waals surface area contributed by atoms with Gasteiger partial charge >= 0.3 is 0 Å². The first kappa shape index (κ1) is 22.5. The van der Waals surface area contributed by atoms with E-state index < -0.39 is 0 Å². The van der Waals surface area contributed by atoms with Gasteiger partial charge in [-0.15, -0.1) is 0 Å². The third kappa shape index (κ3) is 6.68. The number of nitrogens with one attached hydrogen (secondary N) is 1. The van der Waals surface area contributed by atoms with Crippen molar-refractivity contribution in [2.24, 2.45) is 0 Å². The van der Waals surface area contributed by atoms with Crippen LogP contribution in [-0.2, 0) is 16.9 Å². The predicted octanol–water partition coefficient (Wildman–Crippen LogP) is 2.46. The van der Waals surface area contributed by atoms with Crippen molar-refractivity contribution in [2.45, 2.75) is 24.3 Å². The van der Waals surface area contributed by atoms with Crippen molar-refractivity contribution in [1.29, 1.82) is 0 Å². The second kappa shape index (κ2) is 11.3. The van der Waals surface area contributed by atoms with Gasteiger partial charge in [0.2, 0.25) is 0 Å². The Kier molecular flexibility index (Phi) is 8.48. The molecule has 2 heterocycles. The zero-order valence-electron chi connectivity index (χ0n) is 18.1. The van der Waals surface area contributed by atoms with E-state index in [2.05, 4.69) is 27.1 Å². The molecule has 3 rings (SSSR count). The number of hydrogen-bond donors (Lipinski definition) is 1. The molecule has 1 aliphatic heterocycles. The van der Waals surface area contributed by atoms with Gasteiger partial charge in [0.25, 0.3) is 5.91 Å². The van der Waals surface area contributed by atoms with E-state index in [-0.39, 0.29) is 5.91 Å². The van der Waals surface area contributed by atoms with Crippen molar-refractivity contribution in [3.63, 3.8) is 0 Å². The van der Waals surface area contributed by atoms with Crippen molar-refractivity contribution in [3.05, 3.63) is 47.2 Å². The molecule has 1 aromatic carbocycles. The van der Waals surface area contributed by atoms with Crippen LogP contribution in [0.4, 0.5) is 5.82 Å². The molecule has 1 N–H and O–H groups in total. The zero-order valence-corrected chi connectivity index (χ0v) is 18.9. The topological polar surface area (TPSA) is 70.6 Å². The number of anilines is 1. The summed E-state index contributed by atoms with van der Waals surface area (Å²) < 4.78 is 5.34. The number of aryl methyl sites for hydroxylation is 1. The van der Waals surface area contributed by atoms with Crippen LogP contribution in [0.3, 0.4) is 0 Å². The Morgan fingerprint density at radius 2 is 1.93 bits per heavy atom. The predicted molar refractivity (Wildman–Crippen MR) is 121 cm³/mol. The molecule has 1 fully saturated rings. The third-order valence-electron chi connectivity index (χ3n) is 4.97. The van der Waals surface area contributed by atoms with Crippen LogP contribution >= 0.6 is 11.8 Å². The van der Waals surface area contributed by atoms with Crippen LogP contribution < -0.4 is 10.2 Å². The van der Waals surface area contributed by atoms with E-state index in [1.165, 1.54) is 0 Å². The number of rotatable bonds is 9. The maximum atomic E-state index is 12.4. The zero-order chi connectivity index (χ0) is 21.3. The fraction of sp³-hybridized carbons (Fsp3) is 0.500. The first-order chi connectivity index (χ1) is 14.5. The first-order valence-corrected chi connectivity index (χ1v) is 11.4. The number of thioether (sulfide) groups is 1. The number of morpholine rings is 1. The van der Waals surface area contributed by atoms with Gasteiger partial charge in [0.05, 0.1) is 13.2 Å². The molecule has 1 aromatic heterocycles. The standard InChI is InChI=1S/C22H31N5O2S/c1-4-19-15-20(26(2)3)25-22(24-19)30-16-17-5-7-18(8-6-17)21(28)23-9-10-27-11-13-29-14-12-27/h5-8,15H,4,9-14,16H2,1-3H3,(H,23,28). The maximum Gasteiger partial charge on any atom is 0.251 e. The van der Waals surface area contributed by atoms with E-state index in [1.807, 2.05) is 49.3 Å².